The van der Waals surface area contributed by atoms with Crippen LogP contribution in [0.3, 0.4) is 0 Å². The number of halogens is 1. The minimum absolute atomic E-state index is 0.0190. The summed E-state index contributed by atoms with van der Waals surface area (Å²) in [5.41, 5.74) is 1.06. The van der Waals surface area contributed by atoms with Crippen LogP contribution >= 0.6 is 11.6 Å². The van der Waals surface area contributed by atoms with Crippen molar-refractivity contribution >= 4 is 23.4 Å². The SMILES string of the molecule is COc1ncc(C=CCCl)c(C)c1[N+](=O)[O-]. The fourth-order valence-electron chi connectivity index (χ4n) is 1.29. The molecule has 0 atom stereocenters. The van der Waals surface area contributed by atoms with Gasteiger partial charge in [-0.2, -0.15) is 0 Å². The smallest absolute Gasteiger partial charge is 0.334 e. The minimum atomic E-state index is -0.501. The van der Waals surface area contributed by atoms with Crippen molar-refractivity contribution in [1.29, 1.82) is 0 Å². The van der Waals surface area contributed by atoms with Crippen molar-refractivity contribution in [2.75, 3.05) is 13.0 Å². The zero-order chi connectivity index (χ0) is 12.1. The van der Waals surface area contributed by atoms with Gasteiger partial charge in [0.1, 0.15) is 0 Å². The van der Waals surface area contributed by atoms with E-state index >= 15 is 0 Å². The van der Waals surface area contributed by atoms with E-state index < -0.39 is 4.92 Å². The molecule has 0 saturated carbocycles. The van der Waals surface area contributed by atoms with Gasteiger partial charge in [-0.15, -0.1) is 11.6 Å². The van der Waals surface area contributed by atoms with Crippen molar-refractivity contribution in [1.82, 2.24) is 4.98 Å². The Morgan fingerprint density at radius 1 is 1.69 bits per heavy atom. The zero-order valence-corrected chi connectivity index (χ0v) is 9.69. The van der Waals surface area contributed by atoms with Crippen LogP contribution in [0.15, 0.2) is 12.3 Å². The van der Waals surface area contributed by atoms with Gasteiger partial charge in [0, 0.05) is 23.2 Å². The summed E-state index contributed by atoms with van der Waals surface area (Å²) in [6.07, 6.45) is 4.91. The van der Waals surface area contributed by atoms with Crippen LogP contribution in [0.4, 0.5) is 5.69 Å². The molecule has 0 spiro atoms. The molecule has 86 valence electrons. The number of pyridine rings is 1. The third-order valence-corrected chi connectivity index (χ3v) is 2.25. The molecule has 0 aliphatic carbocycles. The summed E-state index contributed by atoms with van der Waals surface area (Å²) >= 11 is 5.50. The highest BCUT2D eigenvalue weighted by atomic mass is 35.5. The van der Waals surface area contributed by atoms with Crippen LogP contribution < -0.4 is 4.74 Å². The number of hydrogen-bond acceptors (Lipinski definition) is 4. The van der Waals surface area contributed by atoms with Gasteiger partial charge in [0.25, 0.3) is 5.88 Å². The van der Waals surface area contributed by atoms with E-state index in [0.29, 0.717) is 17.0 Å². The second-order valence-corrected chi connectivity index (χ2v) is 3.32. The number of nitrogens with zero attached hydrogens (tertiary/aromatic N) is 2. The standard InChI is InChI=1S/C10H11ClN2O3/c1-7-8(4-3-5-11)6-12-10(16-2)9(7)13(14)15/h3-4,6H,5H2,1-2H3. The number of nitro groups is 1. The fourth-order valence-corrected chi connectivity index (χ4v) is 1.38. The van der Waals surface area contributed by atoms with Crippen molar-refractivity contribution < 1.29 is 9.66 Å². The van der Waals surface area contributed by atoms with E-state index in [4.69, 9.17) is 16.3 Å². The number of allylic oxidation sites excluding steroid dienone is 1. The van der Waals surface area contributed by atoms with Crippen LogP contribution in [0.1, 0.15) is 11.1 Å². The van der Waals surface area contributed by atoms with Gasteiger partial charge >= 0.3 is 5.69 Å². The van der Waals surface area contributed by atoms with Gasteiger partial charge in [0.05, 0.1) is 12.0 Å². The van der Waals surface area contributed by atoms with Gasteiger partial charge in [0.15, 0.2) is 0 Å². The lowest BCUT2D eigenvalue weighted by molar-refractivity contribution is -0.386. The first kappa shape index (κ1) is 12.4. The van der Waals surface area contributed by atoms with Gasteiger partial charge in [-0.3, -0.25) is 10.1 Å². The maximum Gasteiger partial charge on any atom is 0.334 e. The summed E-state index contributed by atoms with van der Waals surface area (Å²) in [5, 5.41) is 10.9. The molecule has 5 nitrogen and oxygen atoms in total. The lowest BCUT2D eigenvalue weighted by Crippen LogP contribution is -2.00. The van der Waals surface area contributed by atoms with E-state index in [2.05, 4.69) is 4.98 Å². The monoisotopic (exact) mass is 242 g/mol. The Morgan fingerprint density at radius 3 is 2.88 bits per heavy atom. The van der Waals surface area contributed by atoms with Crippen molar-refractivity contribution in [3.8, 4) is 5.88 Å². The molecule has 0 amide bonds. The molecule has 0 radical (unpaired) electrons. The zero-order valence-electron chi connectivity index (χ0n) is 8.94. The molecule has 1 heterocycles. The lowest BCUT2D eigenvalue weighted by atomic mass is 10.1. The second-order valence-electron chi connectivity index (χ2n) is 3.01. The Morgan fingerprint density at radius 2 is 2.38 bits per heavy atom. The van der Waals surface area contributed by atoms with E-state index in [1.165, 1.54) is 13.3 Å². The fraction of sp³-hybridized carbons (Fsp3) is 0.300. The molecular formula is C10H11ClN2O3. The number of rotatable bonds is 4. The third-order valence-electron chi connectivity index (χ3n) is 2.07. The Labute approximate surface area is 97.9 Å². The summed E-state index contributed by atoms with van der Waals surface area (Å²) in [7, 11) is 1.35. The number of methoxy groups -OCH3 is 1. The normalized spacial score (nSPS) is 10.7. The van der Waals surface area contributed by atoms with E-state index in [-0.39, 0.29) is 11.6 Å². The summed E-state index contributed by atoms with van der Waals surface area (Å²) in [6.45, 7) is 1.65. The summed E-state index contributed by atoms with van der Waals surface area (Å²) in [6, 6.07) is 0. The van der Waals surface area contributed by atoms with E-state index in [0.717, 1.165) is 0 Å². The minimum Gasteiger partial charge on any atom is -0.476 e. The van der Waals surface area contributed by atoms with Crippen molar-refractivity contribution in [2.24, 2.45) is 0 Å². The van der Waals surface area contributed by atoms with Gasteiger partial charge in [-0.05, 0) is 6.92 Å². The van der Waals surface area contributed by atoms with Gasteiger partial charge in [0.2, 0.25) is 0 Å². The maximum absolute atomic E-state index is 10.9. The van der Waals surface area contributed by atoms with Crippen LogP contribution in [0.2, 0.25) is 0 Å². The number of alkyl halides is 1. The summed E-state index contributed by atoms with van der Waals surface area (Å²) in [5.74, 6) is 0.365. The number of hydrogen-bond donors (Lipinski definition) is 0. The first-order valence-electron chi connectivity index (χ1n) is 4.52. The topological polar surface area (TPSA) is 65.3 Å². The highest BCUT2D eigenvalue weighted by Gasteiger charge is 2.21. The molecule has 1 aromatic heterocycles. The Kier molecular flexibility index (Phi) is 4.25. The summed E-state index contributed by atoms with van der Waals surface area (Å²) < 4.78 is 4.84. The van der Waals surface area contributed by atoms with Crippen LogP contribution in [0, 0.1) is 17.0 Å². The quantitative estimate of drug-likeness (QED) is 0.462. The Bertz CT molecular complexity index is 432. The van der Waals surface area contributed by atoms with E-state index in [9.17, 15) is 10.1 Å². The molecule has 1 aromatic rings. The molecule has 0 N–H and O–H groups in total. The highest BCUT2D eigenvalue weighted by Crippen LogP contribution is 2.30. The van der Waals surface area contributed by atoms with Crippen LogP contribution in [-0.4, -0.2) is 22.9 Å². The predicted molar refractivity (Wildman–Crippen MR) is 61.9 cm³/mol. The molecule has 0 aliphatic rings. The van der Waals surface area contributed by atoms with Crippen LogP contribution in [0.5, 0.6) is 5.88 Å². The van der Waals surface area contributed by atoms with Gasteiger partial charge < -0.3 is 4.74 Å². The van der Waals surface area contributed by atoms with Gasteiger partial charge in [-0.1, -0.05) is 12.2 Å². The molecular weight excluding hydrogens is 232 g/mol. The number of ether oxygens (including phenoxy) is 1. The highest BCUT2D eigenvalue weighted by molar-refractivity contribution is 6.19. The lowest BCUT2D eigenvalue weighted by Gasteiger charge is -2.05. The van der Waals surface area contributed by atoms with Crippen LogP contribution in [0.25, 0.3) is 6.08 Å². The molecule has 6 heteroatoms. The molecule has 0 fully saturated rings. The van der Waals surface area contributed by atoms with Crippen molar-refractivity contribution in [3.63, 3.8) is 0 Å². The first-order chi connectivity index (χ1) is 7.61. The van der Waals surface area contributed by atoms with Crippen molar-refractivity contribution in [3.05, 3.63) is 33.5 Å². The average Bonchev–Trinajstić information content (AvgIpc) is 2.26. The molecule has 0 saturated heterocycles. The van der Waals surface area contributed by atoms with E-state index in [1.54, 1.807) is 19.1 Å². The van der Waals surface area contributed by atoms with Crippen molar-refractivity contribution in [2.45, 2.75) is 6.92 Å². The molecule has 0 aromatic carbocycles. The van der Waals surface area contributed by atoms with E-state index in [1.807, 2.05) is 0 Å². The molecule has 0 aliphatic heterocycles. The first-order valence-corrected chi connectivity index (χ1v) is 5.05. The van der Waals surface area contributed by atoms with Gasteiger partial charge in [-0.25, -0.2) is 4.98 Å². The molecule has 0 unspecified atom stereocenters. The number of aromatic nitrogens is 1. The predicted octanol–water partition coefficient (Wildman–Crippen LogP) is 2.56. The third kappa shape index (κ3) is 2.49. The Hall–Kier alpha value is -1.62. The molecule has 1 rings (SSSR count). The largest absolute Gasteiger partial charge is 0.476 e. The molecule has 16 heavy (non-hydrogen) atoms. The summed E-state index contributed by atoms with van der Waals surface area (Å²) in [4.78, 5) is 14.2. The second kappa shape index (κ2) is 5.46. The molecule has 0 bridgehead atoms. The average molecular weight is 243 g/mol. The maximum atomic E-state index is 10.9. The van der Waals surface area contributed by atoms with Crippen LogP contribution in [-0.2, 0) is 0 Å². The Balaban J connectivity index is 3.31.